The summed E-state index contributed by atoms with van der Waals surface area (Å²) in [5.41, 5.74) is 2.81. The molecule has 0 unspecified atom stereocenters. The standard InChI is InChI=1S/C29H32N2O5/c1-5-22(19-11-8-7-9-12-19)31-18-20-17-21(15-16-24(20)36-23(6-2)29(31)33)30-28(32)27-25(34-3)13-10-14-26(27)35-4/h7-17,22-23H,5-6,18H2,1-4H3,(H,30,32)/t22-,23+/m1/s1. The number of fused-ring (bicyclic) bond motifs is 1. The van der Waals surface area contributed by atoms with E-state index in [4.69, 9.17) is 14.2 Å². The number of ether oxygens (including phenoxy) is 3. The van der Waals surface area contributed by atoms with Crippen molar-refractivity contribution >= 4 is 17.5 Å². The number of amides is 2. The minimum Gasteiger partial charge on any atom is -0.496 e. The third kappa shape index (κ3) is 5.00. The highest BCUT2D eigenvalue weighted by atomic mass is 16.5. The fourth-order valence-electron chi connectivity index (χ4n) is 4.65. The third-order valence-electron chi connectivity index (χ3n) is 6.46. The molecule has 0 aliphatic carbocycles. The van der Waals surface area contributed by atoms with Crippen LogP contribution >= 0.6 is 0 Å². The first-order chi connectivity index (χ1) is 17.5. The van der Waals surface area contributed by atoms with Gasteiger partial charge in [-0.3, -0.25) is 9.59 Å². The lowest BCUT2D eigenvalue weighted by atomic mass is 10.0. The fraction of sp³-hybridized carbons (Fsp3) is 0.310. The van der Waals surface area contributed by atoms with E-state index < -0.39 is 6.10 Å². The van der Waals surface area contributed by atoms with Gasteiger partial charge >= 0.3 is 0 Å². The summed E-state index contributed by atoms with van der Waals surface area (Å²) in [7, 11) is 3.02. The van der Waals surface area contributed by atoms with Gasteiger partial charge in [-0.1, -0.05) is 50.2 Å². The average molecular weight is 489 g/mol. The summed E-state index contributed by atoms with van der Waals surface area (Å²) in [6.07, 6.45) is 0.764. The molecule has 0 aromatic heterocycles. The Hall–Kier alpha value is -4.00. The van der Waals surface area contributed by atoms with Gasteiger partial charge in [0.05, 0.1) is 26.8 Å². The molecule has 1 heterocycles. The molecular weight excluding hydrogens is 456 g/mol. The zero-order valence-corrected chi connectivity index (χ0v) is 21.1. The van der Waals surface area contributed by atoms with Gasteiger partial charge in [0.25, 0.3) is 11.8 Å². The predicted octanol–water partition coefficient (Wildman–Crippen LogP) is 5.61. The van der Waals surface area contributed by atoms with E-state index in [2.05, 4.69) is 12.2 Å². The van der Waals surface area contributed by atoms with Crippen molar-refractivity contribution in [2.45, 2.75) is 45.4 Å². The SMILES string of the molecule is CC[C@@H]1Oc2ccc(NC(=O)c3c(OC)cccc3OC)cc2CN([C@H](CC)c2ccccc2)C1=O. The molecule has 0 saturated heterocycles. The van der Waals surface area contributed by atoms with Gasteiger partial charge < -0.3 is 24.4 Å². The van der Waals surface area contributed by atoms with Crippen molar-refractivity contribution in [2.75, 3.05) is 19.5 Å². The van der Waals surface area contributed by atoms with Crippen LogP contribution in [0.25, 0.3) is 0 Å². The zero-order chi connectivity index (χ0) is 25.7. The van der Waals surface area contributed by atoms with Crippen LogP contribution in [0, 0.1) is 0 Å². The van der Waals surface area contributed by atoms with E-state index in [1.54, 1.807) is 24.3 Å². The molecule has 1 N–H and O–H groups in total. The Kier molecular flexibility index (Phi) is 7.78. The monoisotopic (exact) mass is 488 g/mol. The lowest BCUT2D eigenvalue weighted by Crippen LogP contribution is -2.41. The van der Waals surface area contributed by atoms with E-state index in [0.717, 1.165) is 17.5 Å². The van der Waals surface area contributed by atoms with Gasteiger partial charge in [-0.25, -0.2) is 0 Å². The number of nitrogens with one attached hydrogen (secondary N) is 1. The number of hydrogen-bond acceptors (Lipinski definition) is 5. The highest BCUT2D eigenvalue weighted by Crippen LogP contribution is 2.35. The molecule has 4 rings (SSSR count). The summed E-state index contributed by atoms with van der Waals surface area (Å²) in [6.45, 7) is 4.40. The van der Waals surface area contributed by atoms with Crippen LogP contribution < -0.4 is 19.5 Å². The van der Waals surface area contributed by atoms with E-state index >= 15 is 0 Å². The molecule has 0 saturated carbocycles. The molecule has 7 nitrogen and oxygen atoms in total. The van der Waals surface area contributed by atoms with Crippen LogP contribution in [0.2, 0.25) is 0 Å². The Morgan fingerprint density at radius 1 is 1.03 bits per heavy atom. The first kappa shape index (κ1) is 25.1. The Labute approximate surface area is 212 Å². The molecule has 1 aliphatic heterocycles. The van der Waals surface area contributed by atoms with E-state index in [1.165, 1.54) is 14.2 Å². The number of anilines is 1. The molecule has 0 spiro atoms. The van der Waals surface area contributed by atoms with Crippen molar-refractivity contribution in [2.24, 2.45) is 0 Å². The molecule has 2 amide bonds. The van der Waals surface area contributed by atoms with Crippen molar-refractivity contribution in [3.63, 3.8) is 0 Å². The van der Waals surface area contributed by atoms with Crippen LogP contribution in [0.1, 0.15) is 54.2 Å². The first-order valence-electron chi connectivity index (χ1n) is 12.2. The largest absolute Gasteiger partial charge is 0.496 e. The minimum atomic E-state index is -0.567. The van der Waals surface area contributed by atoms with Crippen LogP contribution in [-0.4, -0.2) is 37.0 Å². The molecule has 1 aliphatic rings. The average Bonchev–Trinajstić information content (AvgIpc) is 3.05. The first-order valence-corrected chi connectivity index (χ1v) is 12.2. The smallest absolute Gasteiger partial charge is 0.264 e. The van der Waals surface area contributed by atoms with Gasteiger partial charge in [-0.15, -0.1) is 0 Å². The number of carbonyl (C=O) groups excluding carboxylic acids is 2. The number of rotatable bonds is 8. The summed E-state index contributed by atoms with van der Waals surface area (Å²) in [6, 6.07) is 20.6. The van der Waals surface area contributed by atoms with E-state index in [9.17, 15) is 9.59 Å². The number of carbonyl (C=O) groups is 2. The van der Waals surface area contributed by atoms with Crippen molar-refractivity contribution in [1.82, 2.24) is 4.90 Å². The second-order valence-electron chi connectivity index (χ2n) is 8.63. The van der Waals surface area contributed by atoms with Gasteiger partial charge in [0.15, 0.2) is 6.10 Å². The van der Waals surface area contributed by atoms with Crippen LogP contribution in [0.5, 0.6) is 17.2 Å². The maximum Gasteiger partial charge on any atom is 0.264 e. The Morgan fingerprint density at radius 3 is 2.33 bits per heavy atom. The lowest BCUT2D eigenvalue weighted by Gasteiger charge is -2.32. The maximum atomic E-state index is 13.5. The Morgan fingerprint density at radius 2 is 1.72 bits per heavy atom. The van der Waals surface area contributed by atoms with E-state index in [-0.39, 0.29) is 17.9 Å². The quantitative estimate of drug-likeness (QED) is 0.446. The molecule has 0 radical (unpaired) electrons. The molecule has 0 bridgehead atoms. The molecule has 2 atom stereocenters. The van der Waals surface area contributed by atoms with Gasteiger partial charge in [-0.2, -0.15) is 0 Å². The number of methoxy groups -OCH3 is 2. The number of nitrogens with zero attached hydrogens (tertiary/aromatic N) is 1. The molecule has 188 valence electrons. The predicted molar refractivity (Wildman–Crippen MR) is 139 cm³/mol. The second-order valence-corrected chi connectivity index (χ2v) is 8.63. The van der Waals surface area contributed by atoms with Crippen molar-refractivity contribution < 1.29 is 23.8 Å². The Bertz CT molecular complexity index is 1210. The van der Waals surface area contributed by atoms with Gasteiger partial charge in [0.2, 0.25) is 0 Å². The van der Waals surface area contributed by atoms with Crippen molar-refractivity contribution in [3.05, 3.63) is 83.4 Å². The van der Waals surface area contributed by atoms with E-state index in [0.29, 0.717) is 41.5 Å². The van der Waals surface area contributed by atoms with Crippen molar-refractivity contribution in [3.8, 4) is 17.2 Å². The van der Waals surface area contributed by atoms with Crippen LogP contribution in [0.4, 0.5) is 5.69 Å². The normalized spacial score (nSPS) is 15.8. The fourth-order valence-corrected chi connectivity index (χ4v) is 4.65. The molecule has 3 aromatic carbocycles. The molecule has 7 heteroatoms. The highest BCUT2D eigenvalue weighted by molar-refractivity contribution is 6.08. The van der Waals surface area contributed by atoms with Gasteiger partial charge in [-0.05, 0) is 48.7 Å². The number of benzene rings is 3. The second kappa shape index (κ2) is 11.2. The van der Waals surface area contributed by atoms with Gasteiger partial charge in [0, 0.05) is 11.3 Å². The van der Waals surface area contributed by atoms with Crippen molar-refractivity contribution in [1.29, 1.82) is 0 Å². The zero-order valence-electron chi connectivity index (χ0n) is 21.1. The van der Waals surface area contributed by atoms with Crippen LogP contribution in [0.15, 0.2) is 66.7 Å². The lowest BCUT2D eigenvalue weighted by molar-refractivity contribution is -0.141. The summed E-state index contributed by atoms with van der Waals surface area (Å²) in [5, 5.41) is 2.95. The summed E-state index contributed by atoms with van der Waals surface area (Å²) in [4.78, 5) is 28.6. The molecular formula is C29H32N2O5. The summed E-state index contributed by atoms with van der Waals surface area (Å²) >= 11 is 0. The van der Waals surface area contributed by atoms with E-state index in [1.807, 2.05) is 54.3 Å². The molecule has 0 fully saturated rings. The molecule has 3 aromatic rings. The summed E-state index contributed by atoms with van der Waals surface area (Å²) in [5.74, 6) is 1.10. The topological polar surface area (TPSA) is 77.1 Å². The van der Waals surface area contributed by atoms with Crippen LogP contribution in [0.3, 0.4) is 0 Å². The summed E-state index contributed by atoms with van der Waals surface area (Å²) < 4.78 is 16.9. The molecule has 36 heavy (non-hydrogen) atoms. The highest BCUT2D eigenvalue weighted by Gasteiger charge is 2.34. The third-order valence-corrected chi connectivity index (χ3v) is 6.46. The Balaban J connectivity index is 1.67. The minimum absolute atomic E-state index is 0.0336. The van der Waals surface area contributed by atoms with Gasteiger partial charge in [0.1, 0.15) is 22.8 Å². The van der Waals surface area contributed by atoms with Crippen LogP contribution in [-0.2, 0) is 11.3 Å². The number of hydrogen-bond donors (Lipinski definition) is 1. The maximum absolute atomic E-state index is 13.5.